The van der Waals surface area contributed by atoms with E-state index >= 15 is 0 Å². The Morgan fingerprint density at radius 3 is 2.41 bits per heavy atom. The van der Waals surface area contributed by atoms with Crippen LogP contribution in [0.1, 0.15) is 25.3 Å². The van der Waals surface area contributed by atoms with Crippen molar-refractivity contribution in [3.05, 3.63) is 48.0 Å². The minimum atomic E-state index is -3.59. The molecule has 29 heavy (non-hydrogen) atoms. The molecule has 1 saturated heterocycles. The first-order valence-corrected chi connectivity index (χ1v) is 11.1. The maximum Gasteiger partial charge on any atom is 0.262 e. The lowest BCUT2D eigenvalue weighted by molar-refractivity contribution is -0.118. The number of carbonyl (C=O) groups excluding carboxylic acids is 1. The Kier molecular flexibility index (Phi) is 6.76. The Morgan fingerprint density at radius 2 is 1.79 bits per heavy atom. The van der Waals surface area contributed by atoms with E-state index in [1.807, 2.05) is 24.3 Å². The number of benzene rings is 2. The number of aryl methyl sites for hydroxylation is 1. The molecule has 0 saturated carbocycles. The van der Waals surface area contributed by atoms with Crippen LogP contribution in [0.2, 0.25) is 0 Å². The number of carbonyl (C=O) groups is 1. The van der Waals surface area contributed by atoms with Crippen molar-refractivity contribution in [1.29, 1.82) is 0 Å². The third kappa shape index (κ3) is 5.07. The van der Waals surface area contributed by atoms with Crippen LogP contribution in [0.5, 0.6) is 11.5 Å². The Morgan fingerprint density at radius 1 is 1.10 bits per heavy atom. The average molecular weight is 419 g/mol. The molecule has 0 spiro atoms. The first-order valence-electron chi connectivity index (χ1n) is 9.64. The lowest BCUT2D eigenvalue weighted by Gasteiger charge is -2.17. The zero-order valence-corrected chi connectivity index (χ0v) is 17.5. The normalized spacial score (nSPS) is 14.6. The van der Waals surface area contributed by atoms with Crippen LogP contribution in [0.4, 0.5) is 5.69 Å². The van der Waals surface area contributed by atoms with Crippen molar-refractivity contribution < 1.29 is 22.7 Å². The third-order valence-electron chi connectivity index (χ3n) is 4.85. The highest BCUT2D eigenvalue weighted by Crippen LogP contribution is 2.30. The molecule has 0 unspecified atom stereocenters. The summed E-state index contributed by atoms with van der Waals surface area (Å²) in [5.74, 6) is 0.569. The van der Waals surface area contributed by atoms with E-state index in [-0.39, 0.29) is 11.5 Å². The molecule has 1 amide bonds. The van der Waals surface area contributed by atoms with Crippen molar-refractivity contribution >= 4 is 21.6 Å². The summed E-state index contributed by atoms with van der Waals surface area (Å²) in [4.78, 5) is 12.5. The SMILES string of the molecule is CCc1ccc(OCC(=O)Nc2cc(S(=O)(=O)N3CCCC3)ccc2OC)cc1. The van der Waals surface area contributed by atoms with E-state index in [1.54, 1.807) is 6.07 Å². The van der Waals surface area contributed by atoms with Gasteiger partial charge in [0.15, 0.2) is 6.61 Å². The van der Waals surface area contributed by atoms with E-state index in [9.17, 15) is 13.2 Å². The van der Waals surface area contributed by atoms with Gasteiger partial charge in [0, 0.05) is 13.1 Å². The molecule has 7 nitrogen and oxygen atoms in total. The van der Waals surface area contributed by atoms with Crippen molar-refractivity contribution in [3.63, 3.8) is 0 Å². The Hall–Kier alpha value is -2.58. The second kappa shape index (κ2) is 9.28. The monoisotopic (exact) mass is 418 g/mol. The quantitative estimate of drug-likeness (QED) is 0.712. The van der Waals surface area contributed by atoms with Crippen LogP contribution in [0.15, 0.2) is 47.4 Å². The van der Waals surface area contributed by atoms with E-state index in [4.69, 9.17) is 9.47 Å². The van der Waals surface area contributed by atoms with Crippen molar-refractivity contribution in [1.82, 2.24) is 4.31 Å². The number of sulfonamides is 1. The van der Waals surface area contributed by atoms with Gasteiger partial charge in [-0.3, -0.25) is 4.79 Å². The summed E-state index contributed by atoms with van der Waals surface area (Å²) in [5.41, 5.74) is 1.48. The molecule has 1 heterocycles. The number of amides is 1. The molecular formula is C21H26N2O5S. The molecule has 0 radical (unpaired) electrons. The molecule has 1 fully saturated rings. The van der Waals surface area contributed by atoms with Gasteiger partial charge in [0.25, 0.3) is 5.91 Å². The number of nitrogens with one attached hydrogen (secondary N) is 1. The number of nitrogens with zero attached hydrogens (tertiary/aromatic N) is 1. The lowest BCUT2D eigenvalue weighted by atomic mass is 10.2. The minimum absolute atomic E-state index is 0.131. The third-order valence-corrected chi connectivity index (χ3v) is 6.74. The number of hydrogen-bond donors (Lipinski definition) is 1. The second-order valence-corrected chi connectivity index (χ2v) is 8.75. The molecule has 156 valence electrons. The largest absolute Gasteiger partial charge is 0.495 e. The fourth-order valence-electron chi connectivity index (χ4n) is 3.18. The maximum absolute atomic E-state index is 12.8. The molecule has 0 aliphatic carbocycles. The number of rotatable bonds is 8. The number of ether oxygens (including phenoxy) is 2. The first kappa shape index (κ1) is 21.1. The molecule has 1 aliphatic heterocycles. The smallest absolute Gasteiger partial charge is 0.262 e. The molecule has 2 aromatic rings. The lowest BCUT2D eigenvalue weighted by Crippen LogP contribution is -2.28. The molecule has 3 rings (SSSR count). The summed E-state index contributed by atoms with van der Waals surface area (Å²) in [6.45, 7) is 2.90. The molecule has 0 atom stereocenters. The average Bonchev–Trinajstić information content (AvgIpc) is 3.28. The zero-order valence-electron chi connectivity index (χ0n) is 16.7. The van der Waals surface area contributed by atoms with Crippen LogP contribution in [0.3, 0.4) is 0 Å². The van der Waals surface area contributed by atoms with Crippen LogP contribution in [0, 0.1) is 0 Å². The Balaban J connectivity index is 1.70. The van der Waals surface area contributed by atoms with E-state index in [0.29, 0.717) is 30.3 Å². The van der Waals surface area contributed by atoms with Crippen LogP contribution in [-0.4, -0.2) is 45.4 Å². The highest BCUT2D eigenvalue weighted by Gasteiger charge is 2.28. The summed E-state index contributed by atoms with van der Waals surface area (Å²) in [5, 5.41) is 2.69. The summed E-state index contributed by atoms with van der Waals surface area (Å²) in [7, 11) is -2.12. The summed E-state index contributed by atoms with van der Waals surface area (Å²) >= 11 is 0. The predicted octanol–water partition coefficient (Wildman–Crippen LogP) is 3.06. The van der Waals surface area contributed by atoms with Crippen molar-refractivity contribution in [2.24, 2.45) is 0 Å². The van der Waals surface area contributed by atoms with Gasteiger partial charge in [0.05, 0.1) is 17.7 Å². The van der Waals surface area contributed by atoms with Gasteiger partial charge in [-0.1, -0.05) is 19.1 Å². The Labute approximate surface area is 171 Å². The van der Waals surface area contributed by atoms with Crippen LogP contribution in [-0.2, 0) is 21.2 Å². The van der Waals surface area contributed by atoms with E-state index < -0.39 is 15.9 Å². The summed E-state index contributed by atoms with van der Waals surface area (Å²) < 4.78 is 37.8. The maximum atomic E-state index is 12.8. The highest BCUT2D eigenvalue weighted by atomic mass is 32.2. The van der Waals surface area contributed by atoms with Crippen LogP contribution >= 0.6 is 0 Å². The summed E-state index contributed by atoms with van der Waals surface area (Å²) in [6.07, 6.45) is 2.64. The fraction of sp³-hybridized carbons (Fsp3) is 0.381. The second-order valence-electron chi connectivity index (χ2n) is 6.81. The molecule has 1 aliphatic rings. The zero-order chi connectivity index (χ0) is 20.9. The van der Waals surface area contributed by atoms with Gasteiger partial charge in [0.2, 0.25) is 10.0 Å². The number of hydrogen-bond acceptors (Lipinski definition) is 5. The molecule has 2 aromatic carbocycles. The molecular weight excluding hydrogens is 392 g/mol. The van der Waals surface area contributed by atoms with E-state index in [2.05, 4.69) is 12.2 Å². The first-order chi connectivity index (χ1) is 13.9. The van der Waals surface area contributed by atoms with Crippen LogP contribution in [0.25, 0.3) is 0 Å². The minimum Gasteiger partial charge on any atom is -0.495 e. The van der Waals surface area contributed by atoms with Gasteiger partial charge in [0.1, 0.15) is 11.5 Å². The van der Waals surface area contributed by atoms with Gasteiger partial charge < -0.3 is 14.8 Å². The van der Waals surface area contributed by atoms with Gasteiger partial charge in [-0.25, -0.2) is 8.42 Å². The topological polar surface area (TPSA) is 84.9 Å². The Bertz CT molecular complexity index is 952. The molecule has 0 bridgehead atoms. The number of anilines is 1. The van der Waals surface area contributed by atoms with Crippen molar-refractivity contribution in [3.8, 4) is 11.5 Å². The fourth-order valence-corrected chi connectivity index (χ4v) is 4.72. The van der Waals surface area contributed by atoms with Crippen molar-refractivity contribution in [2.45, 2.75) is 31.1 Å². The van der Waals surface area contributed by atoms with Crippen LogP contribution < -0.4 is 14.8 Å². The molecule has 0 aromatic heterocycles. The predicted molar refractivity (Wildman–Crippen MR) is 111 cm³/mol. The standard InChI is InChI=1S/C21H26N2O5S/c1-3-16-6-8-17(9-7-16)28-15-21(24)22-19-14-18(10-11-20(19)27-2)29(25,26)23-12-4-5-13-23/h6-11,14H,3-5,12-13,15H2,1-2H3,(H,22,24). The van der Waals surface area contributed by atoms with E-state index in [0.717, 1.165) is 19.3 Å². The number of methoxy groups -OCH3 is 1. The van der Waals surface area contributed by atoms with Gasteiger partial charge >= 0.3 is 0 Å². The van der Waals surface area contributed by atoms with Gasteiger partial charge in [-0.15, -0.1) is 0 Å². The summed E-state index contributed by atoms with van der Waals surface area (Å²) in [6, 6.07) is 12.0. The highest BCUT2D eigenvalue weighted by molar-refractivity contribution is 7.89. The van der Waals surface area contributed by atoms with Crippen molar-refractivity contribution in [2.75, 3.05) is 32.1 Å². The van der Waals surface area contributed by atoms with Gasteiger partial charge in [-0.2, -0.15) is 4.31 Å². The molecule has 8 heteroatoms. The van der Waals surface area contributed by atoms with Gasteiger partial charge in [-0.05, 0) is 55.2 Å². The molecule has 1 N–H and O–H groups in total. The van der Waals surface area contributed by atoms with E-state index in [1.165, 1.54) is 29.1 Å².